The molecule has 0 heterocycles. The van der Waals surface area contributed by atoms with Crippen LogP contribution in [0, 0.1) is 0 Å². The molecule has 1 aromatic carbocycles. The van der Waals surface area contributed by atoms with Crippen molar-refractivity contribution in [2.75, 3.05) is 0 Å². The van der Waals surface area contributed by atoms with Gasteiger partial charge >= 0.3 is 0 Å². The van der Waals surface area contributed by atoms with E-state index in [0.29, 0.717) is 0 Å². The molecule has 0 amide bonds. The van der Waals surface area contributed by atoms with Crippen LogP contribution in [0.25, 0.3) is 0 Å². The van der Waals surface area contributed by atoms with Crippen LogP contribution in [0.3, 0.4) is 0 Å². The normalized spacial score (nSPS) is 12.0. The van der Waals surface area contributed by atoms with Gasteiger partial charge in [0, 0.05) is 0 Å². The molecule has 1 unspecified atom stereocenters. The van der Waals surface area contributed by atoms with Crippen molar-refractivity contribution in [3.63, 3.8) is 0 Å². The molecular weight excluding hydrogens is 240 g/mol. The van der Waals surface area contributed by atoms with Crippen molar-refractivity contribution in [2.45, 2.75) is 63.7 Å². The molecule has 0 N–H and O–H groups in total. The van der Waals surface area contributed by atoms with Crippen molar-refractivity contribution >= 4 is 0 Å². The highest BCUT2D eigenvalue weighted by molar-refractivity contribution is 5.19. The Bertz CT molecular complexity index is 350. The number of hydrogen-bond acceptors (Lipinski definition) is 0. The number of allylic oxidation sites excluding steroid dienone is 2. The van der Waals surface area contributed by atoms with Gasteiger partial charge in [0.1, 0.15) is 0 Å². The fourth-order valence-electron chi connectivity index (χ4n) is 2.74. The summed E-state index contributed by atoms with van der Waals surface area (Å²) in [5, 5.41) is 0. The first kappa shape index (κ1) is 16.8. The van der Waals surface area contributed by atoms with Gasteiger partial charge in [-0.1, -0.05) is 61.7 Å². The van der Waals surface area contributed by atoms with Crippen molar-refractivity contribution in [2.24, 2.45) is 0 Å². The Kier molecular flexibility index (Phi) is 9.65. The maximum Gasteiger partial charge on any atom is -0.0162 e. The molecule has 0 aliphatic carbocycles. The average molecular weight is 270 g/mol. The molecule has 1 atom stereocenters. The lowest BCUT2D eigenvalue weighted by molar-refractivity contribution is 0.511. The number of hydrogen-bond donors (Lipinski definition) is 0. The largest absolute Gasteiger partial charge is 0.103 e. The smallest absolute Gasteiger partial charge is 0.0162 e. The SMILES string of the molecule is C=CCCCCCCC(CCCC=C)c1ccccc1. The van der Waals surface area contributed by atoms with Crippen LogP contribution < -0.4 is 0 Å². The molecule has 0 heteroatoms. The Morgan fingerprint density at radius 2 is 1.35 bits per heavy atom. The van der Waals surface area contributed by atoms with E-state index in [-0.39, 0.29) is 0 Å². The van der Waals surface area contributed by atoms with Crippen LogP contribution in [0.1, 0.15) is 69.3 Å². The second kappa shape index (κ2) is 11.5. The molecule has 1 rings (SSSR count). The molecule has 0 nitrogen and oxygen atoms in total. The van der Waals surface area contributed by atoms with Gasteiger partial charge in [-0.3, -0.25) is 0 Å². The lowest BCUT2D eigenvalue weighted by atomic mass is 9.88. The first-order chi connectivity index (χ1) is 9.88. The van der Waals surface area contributed by atoms with Gasteiger partial charge < -0.3 is 0 Å². The first-order valence-electron chi connectivity index (χ1n) is 8.15. The third-order valence-electron chi connectivity index (χ3n) is 3.94. The van der Waals surface area contributed by atoms with E-state index >= 15 is 0 Å². The van der Waals surface area contributed by atoms with Gasteiger partial charge in [-0.25, -0.2) is 0 Å². The molecule has 0 saturated heterocycles. The van der Waals surface area contributed by atoms with Crippen LogP contribution in [0.2, 0.25) is 0 Å². The molecule has 0 aliphatic rings. The lowest BCUT2D eigenvalue weighted by Gasteiger charge is -2.17. The zero-order valence-corrected chi connectivity index (χ0v) is 12.9. The van der Waals surface area contributed by atoms with E-state index in [1.807, 2.05) is 12.2 Å². The molecule has 0 saturated carbocycles. The molecular formula is C20H30. The highest BCUT2D eigenvalue weighted by Gasteiger charge is 2.10. The summed E-state index contributed by atoms with van der Waals surface area (Å²) >= 11 is 0. The van der Waals surface area contributed by atoms with Crippen LogP contribution in [-0.2, 0) is 0 Å². The third-order valence-corrected chi connectivity index (χ3v) is 3.94. The van der Waals surface area contributed by atoms with Crippen LogP contribution in [-0.4, -0.2) is 0 Å². The maximum atomic E-state index is 3.83. The predicted octanol–water partition coefficient (Wildman–Crippen LogP) is 6.65. The van der Waals surface area contributed by atoms with E-state index < -0.39 is 0 Å². The number of rotatable bonds is 12. The predicted molar refractivity (Wildman–Crippen MR) is 91.1 cm³/mol. The van der Waals surface area contributed by atoms with Crippen molar-refractivity contribution in [1.82, 2.24) is 0 Å². The summed E-state index contributed by atoms with van der Waals surface area (Å²) in [6.45, 7) is 7.61. The second-order valence-corrected chi connectivity index (χ2v) is 5.61. The molecule has 0 fully saturated rings. The maximum absolute atomic E-state index is 3.83. The summed E-state index contributed by atoms with van der Waals surface area (Å²) in [5.41, 5.74) is 1.52. The summed E-state index contributed by atoms with van der Waals surface area (Å²) in [4.78, 5) is 0. The monoisotopic (exact) mass is 270 g/mol. The third kappa shape index (κ3) is 7.33. The van der Waals surface area contributed by atoms with E-state index in [2.05, 4.69) is 43.5 Å². The van der Waals surface area contributed by atoms with Gasteiger partial charge in [-0.2, -0.15) is 0 Å². The lowest BCUT2D eigenvalue weighted by Crippen LogP contribution is -1.99. The summed E-state index contributed by atoms with van der Waals surface area (Å²) < 4.78 is 0. The Morgan fingerprint density at radius 1 is 0.750 bits per heavy atom. The minimum atomic E-state index is 0.732. The standard InChI is InChI=1S/C20H30/c1-3-5-7-8-9-12-16-19(15-11-6-4-2)20-17-13-10-14-18-20/h3-4,10,13-14,17-19H,1-2,5-9,11-12,15-16H2. The van der Waals surface area contributed by atoms with Gasteiger partial charge in [0.05, 0.1) is 0 Å². The Labute approximate surface area is 125 Å². The van der Waals surface area contributed by atoms with Crippen LogP contribution in [0.4, 0.5) is 0 Å². The molecule has 0 aliphatic heterocycles. The van der Waals surface area contributed by atoms with E-state index in [9.17, 15) is 0 Å². The van der Waals surface area contributed by atoms with Gasteiger partial charge in [0.25, 0.3) is 0 Å². The second-order valence-electron chi connectivity index (χ2n) is 5.61. The molecule has 0 bridgehead atoms. The topological polar surface area (TPSA) is 0 Å². The first-order valence-corrected chi connectivity index (χ1v) is 8.15. The summed E-state index contributed by atoms with van der Waals surface area (Å²) in [7, 11) is 0. The van der Waals surface area contributed by atoms with Gasteiger partial charge in [0.2, 0.25) is 0 Å². The zero-order valence-electron chi connectivity index (χ0n) is 12.9. The molecule has 0 spiro atoms. The molecule has 110 valence electrons. The fourth-order valence-corrected chi connectivity index (χ4v) is 2.74. The number of unbranched alkanes of at least 4 members (excludes halogenated alkanes) is 5. The molecule has 0 aromatic heterocycles. The average Bonchev–Trinajstić information content (AvgIpc) is 2.50. The van der Waals surface area contributed by atoms with Gasteiger partial charge in [-0.15, -0.1) is 13.2 Å². The summed E-state index contributed by atoms with van der Waals surface area (Å²) in [6.07, 6.45) is 15.6. The van der Waals surface area contributed by atoms with E-state index in [0.717, 1.165) is 12.3 Å². The van der Waals surface area contributed by atoms with Crippen LogP contribution in [0.15, 0.2) is 55.6 Å². The summed E-state index contributed by atoms with van der Waals surface area (Å²) in [5.74, 6) is 0.732. The van der Waals surface area contributed by atoms with Crippen LogP contribution in [0.5, 0.6) is 0 Å². The highest BCUT2D eigenvalue weighted by Crippen LogP contribution is 2.28. The van der Waals surface area contributed by atoms with Gasteiger partial charge in [0.15, 0.2) is 0 Å². The van der Waals surface area contributed by atoms with Crippen molar-refractivity contribution < 1.29 is 0 Å². The van der Waals surface area contributed by atoms with Crippen molar-refractivity contribution in [1.29, 1.82) is 0 Å². The highest BCUT2D eigenvalue weighted by atomic mass is 14.1. The van der Waals surface area contributed by atoms with E-state index in [4.69, 9.17) is 0 Å². The quantitative estimate of drug-likeness (QED) is 0.294. The number of benzene rings is 1. The van der Waals surface area contributed by atoms with Crippen LogP contribution >= 0.6 is 0 Å². The van der Waals surface area contributed by atoms with E-state index in [1.54, 1.807) is 0 Å². The van der Waals surface area contributed by atoms with Crippen molar-refractivity contribution in [3.05, 3.63) is 61.2 Å². The Hall–Kier alpha value is -1.30. The molecule has 0 radical (unpaired) electrons. The van der Waals surface area contributed by atoms with E-state index in [1.165, 1.54) is 56.9 Å². The van der Waals surface area contributed by atoms with Gasteiger partial charge in [-0.05, 0) is 50.0 Å². The minimum absolute atomic E-state index is 0.732. The van der Waals surface area contributed by atoms with Crippen molar-refractivity contribution in [3.8, 4) is 0 Å². The Morgan fingerprint density at radius 3 is 2.05 bits per heavy atom. The molecule has 20 heavy (non-hydrogen) atoms. The Balaban J connectivity index is 2.34. The zero-order chi connectivity index (χ0) is 14.5. The molecule has 1 aromatic rings. The summed E-state index contributed by atoms with van der Waals surface area (Å²) in [6, 6.07) is 11.0. The fraction of sp³-hybridized carbons (Fsp3) is 0.500. The minimum Gasteiger partial charge on any atom is -0.103 e.